The molecule has 0 saturated heterocycles. The second-order valence-corrected chi connectivity index (χ2v) is 6.20. The number of benzene rings is 2. The first kappa shape index (κ1) is 16.0. The van der Waals surface area contributed by atoms with Crippen molar-refractivity contribution in [2.45, 2.75) is 24.7 Å². The Balaban J connectivity index is 2.36. The number of hydrogen-bond acceptors (Lipinski definition) is 5. The van der Waals surface area contributed by atoms with Crippen molar-refractivity contribution in [1.82, 2.24) is 0 Å². The molecule has 2 aromatic carbocycles. The molecule has 0 atom stereocenters. The van der Waals surface area contributed by atoms with Crippen molar-refractivity contribution in [2.75, 3.05) is 0 Å². The van der Waals surface area contributed by atoms with Gasteiger partial charge in [0.2, 0.25) is 0 Å². The summed E-state index contributed by atoms with van der Waals surface area (Å²) >= 11 is 0. The van der Waals surface area contributed by atoms with Gasteiger partial charge in [0.1, 0.15) is 10.6 Å². The molecular formula is C15H15NO5S. The maximum absolute atomic E-state index is 12.3. The van der Waals surface area contributed by atoms with Gasteiger partial charge < -0.3 is 4.18 Å². The zero-order chi connectivity index (χ0) is 16.2. The van der Waals surface area contributed by atoms with Gasteiger partial charge in [-0.3, -0.25) is 10.1 Å². The van der Waals surface area contributed by atoms with Gasteiger partial charge in [0.05, 0.1) is 4.92 Å². The van der Waals surface area contributed by atoms with Gasteiger partial charge in [-0.05, 0) is 24.1 Å². The highest BCUT2D eigenvalue weighted by Gasteiger charge is 2.20. The number of nitrogens with zero attached hydrogens (tertiary/aromatic N) is 1. The van der Waals surface area contributed by atoms with Crippen molar-refractivity contribution in [3.63, 3.8) is 0 Å². The van der Waals surface area contributed by atoms with E-state index in [9.17, 15) is 18.5 Å². The lowest BCUT2D eigenvalue weighted by Gasteiger charge is -2.10. The molecule has 22 heavy (non-hydrogen) atoms. The van der Waals surface area contributed by atoms with Crippen molar-refractivity contribution in [3.05, 3.63) is 64.2 Å². The number of hydrogen-bond donors (Lipinski definition) is 0. The van der Waals surface area contributed by atoms with E-state index in [1.54, 1.807) is 24.3 Å². The summed E-state index contributed by atoms with van der Waals surface area (Å²) in [6, 6.07) is 11.6. The molecule has 0 N–H and O–H groups in total. The van der Waals surface area contributed by atoms with E-state index in [1.165, 1.54) is 18.2 Å². The van der Waals surface area contributed by atoms with Crippen LogP contribution in [0.25, 0.3) is 0 Å². The fraction of sp³-hybridized carbons (Fsp3) is 0.200. The summed E-state index contributed by atoms with van der Waals surface area (Å²) in [6.07, 6.45) is 1.53. The van der Waals surface area contributed by atoms with Crippen molar-refractivity contribution >= 4 is 15.8 Å². The van der Waals surface area contributed by atoms with Crippen LogP contribution in [0.5, 0.6) is 5.75 Å². The molecular weight excluding hydrogens is 306 g/mol. The third kappa shape index (κ3) is 3.62. The molecule has 0 unspecified atom stereocenters. The Labute approximate surface area is 128 Å². The second kappa shape index (κ2) is 6.57. The Morgan fingerprint density at radius 1 is 1.14 bits per heavy atom. The second-order valence-electron chi connectivity index (χ2n) is 4.65. The number of nitro benzene ring substituents is 1. The average Bonchev–Trinajstić information content (AvgIpc) is 2.49. The predicted octanol–water partition coefficient (Wildman–Crippen LogP) is 3.32. The molecule has 0 saturated carbocycles. The molecule has 0 aliphatic rings. The lowest BCUT2D eigenvalue weighted by atomic mass is 10.1. The molecule has 0 spiro atoms. The summed E-state index contributed by atoms with van der Waals surface area (Å²) < 4.78 is 29.7. The highest BCUT2D eigenvalue weighted by Crippen LogP contribution is 2.25. The van der Waals surface area contributed by atoms with E-state index < -0.39 is 15.0 Å². The number of nitro groups is 1. The highest BCUT2D eigenvalue weighted by molar-refractivity contribution is 7.87. The molecule has 7 heteroatoms. The van der Waals surface area contributed by atoms with E-state index in [0.717, 1.165) is 18.1 Å². The third-order valence-corrected chi connectivity index (χ3v) is 4.24. The lowest BCUT2D eigenvalue weighted by molar-refractivity contribution is -0.385. The predicted molar refractivity (Wildman–Crippen MR) is 81.3 cm³/mol. The summed E-state index contributed by atoms with van der Waals surface area (Å²) in [4.78, 5) is 9.86. The van der Waals surface area contributed by atoms with E-state index in [-0.39, 0.29) is 16.3 Å². The quantitative estimate of drug-likeness (QED) is 0.463. The number of para-hydroxylation sites is 1. The van der Waals surface area contributed by atoms with Gasteiger partial charge >= 0.3 is 10.1 Å². The molecule has 0 aliphatic heterocycles. The smallest absolute Gasteiger partial charge is 0.339 e. The van der Waals surface area contributed by atoms with Crippen molar-refractivity contribution in [3.8, 4) is 5.75 Å². The Morgan fingerprint density at radius 3 is 2.55 bits per heavy atom. The summed E-state index contributed by atoms with van der Waals surface area (Å²) in [5.41, 5.74) is 0.477. The minimum atomic E-state index is -4.11. The number of aryl methyl sites for hydroxylation is 1. The summed E-state index contributed by atoms with van der Waals surface area (Å²) in [7, 11) is -4.11. The number of non-ortho nitro benzene ring substituents is 1. The summed E-state index contributed by atoms with van der Waals surface area (Å²) in [5.74, 6) is 0.246. The van der Waals surface area contributed by atoms with Crippen molar-refractivity contribution in [1.29, 1.82) is 0 Å². The fourth-order valence-electron chi connectivity index (χ4n) is 1.98. The molecule has 0 bridgehead atoms. The van der Waals surface area contributed by atoms with Gasteiger partial charge in [-0.15, -0.1) is 0 Å². The summed E-state index contributed by atoms with van der Waals surface area (Å²) in [5, 5.41) is 10.7. The van der Waals surface area contributed by atoms with Crippen molar-refractivity contribution < 1.29 is 17.5 Å². The Bertz CT molecular complexity index is 786. The summed E-state index contributed by atoms with van der Waals surface area (Å²) in [6.45, 7) is 1.98. The maximum atomic E-state index is 12.3. The minimum absolute atomic E-state index is 0.243. The first-order valence-electron chi connectivity index (χ1n) is 6.71. The first-order valence-corrected chi connectivity index (χ1v) is 8.11. The number of rotatable bonds is 6. The molecule has 116 valence electrons. The van der Waals surface area contributed by atoms with Gasteiger partial charge in [0.25, 0.3) is 5.69 Å². The van der Waals surface area contributed by atoms with E-state index >= 15 is 0 Å². The average molecular weight is 321 g/mol. The van der Waals surface area contributed by atoms with E-state index in [1.807, 2.05) is 6.92 Å². The van der Waals surface area contributed by atoms with Gasteiger partial charge in [-0.2, -0.15) is 8.42 Å². The van der Waals surface area contributed by atoms with Crippen LogP contribution in [0.15, 0.2) is 53.4 Å². The zero-order valence-electron chi connectivity index (χ0n) is 11.9. The molecule has 6 nitrogen and oxygen atoms in total. The third-order valence-electron chi connectivity index (χ3n) is 3.01. The Hall–Kier alpha value is -2.41. The molecule has 0 heterocycles. The Kier molecular flexibility index (Phi) is 4.77. The molecule has 2 rings (SSSR count). The maximum Gasteiger partial charge on any atom is 0.339 e. The van der Waals surface area contributed by atoms with Crippen LogP contribution in [0.2, 0.25) is 0 Å². The molecule has 0 amide bonds. The topological polar surface area (TPSA) is 86.5 Å². The van der Waals surface area contributed by atoms with E-state index in [4.69, 9.17) is 4.18 Å². The SMILES string of the molecule is CCCc1ccccc1OS(=O)(=O)c1cccc([N+](=O)[O-])c1. The monoisotopic (exact) mass is 321 g/mol. The van der Waals surface area contributed by atoms with Crippen LogP contribution in [-0.4, -0.2) is 13.3 Å². The normalized spacial score (nSPS) is 11.1. The van der Waals surface area contributed by atoms with Crippen LogP contribution in [-0.2, 0) is 16.5 Å². The molecule has 0 aromatic heterocycles. The van der Waals surface area contributed by atoms with E-state index in [2.05, 4.69) is 0 Å². The standard InChI is InChI=1S/C15H15NO5S/c1-2-6-12-7-3-4-10-15(12)21-22(19,20)14-9-5-8-13(11-14)16(17)18/h3-5,7-11H,2,6H2,1H3. The van der Waals surface area contributed by atoms with Gasteiger partial charge in [-0.1, -0.05) is 37.6 Å². The molecule has 2 aromatic rings. The highest BCUT2D eigenvalue weighted by atomic mass is 32.2. The van der Waals surface area contributed by atoms with Crippen LogP contribution in [0.3, 0.4) is 0 Å². The molecule has 0 fully saturated rings. The molecule has 0 aliphatic carbocycles. The fourth-order valence-corrected chi connectivity index (χ4v) is 2.99. The Morgan fingerprint density at radius 2 is 1.86 bits per heavy atom. The van der Waals surface area contributed by atoms with Crippen LogP contribution in [0, 0.1) is 10.1 Å². The van der Waals surface area contributed by atoms with Crippen molar-refractivity contribution in [2.24, 2.45) is 0 Å². The van der Waals surface area contributed by atoms with Crippen LogP contribution < -0.4 is 4.18 Å². The lowest BCUT2D eigenvalue weighted by Crippen LogP contribution is -2.11. The van der Waals surface area contributed by atoms with Gasteiger partial charge in [0.15, 0.2) is 0 Å². The first-order chi connectivity index (χ1) is 10.4. The molecule has 0 radical (unpaired) electrons. The van der Waals surface area contributed by atoms with Crippen LogP contribution in [0.4, 0.5) is 5.69 Å². The van der Waals surface area contributed by atoms with Gasteiger partial charge in [-0.25, -0.2) is 0 Å². The zero-order valence-corrected chi connectivity index (χ0v) is 12.7. The van der Waals surface area contributed by atoms with Crippen LogP contribution in [0.1, 0.15) is 18.9 Å². The van der Waals surface area contributed by atoms with E-state index in [0.29, 0.717) is 6.42 Å². The minimum Gasteiger partial charge on any atom is -0.379 e. The van der Waals surface area contributed by atoms with Crippen LogP contribution >= 0.6 is 0 Å². The largest absolute Gasteiger partial charge is 0.379 e. The van der Waals surface area contributed by atoms with Gasteiger partial charge in [0, 0.05) is 12.1 Å².